The van der Waals surface area contributed by atoms with Crippen molar-refractivity contribution in [3.63, 3.8) is 0 Å². The summed E-state index contributed by atoms with van der Waals surface area (Å²) in [5, 5.41) is 2.61. The van der Waals surface area contributed by atoms with E-state index < -0.39 is 23.7 Å². The highest BCUT2D eigenvalue weighted by Gasteiger charge is 2.42. The van der Waals surface area contributed by atoms with E-state index in [1.165, 1.54) is 17.0 Å². The maximum Gasteiger partial charge on any atom is 0.253 e. The minimum Gasteiger partial charge on any atom is -0.370 e. The van der Waals surface area contributed by atoms with Gasteiger partial charge in [-0.2, -0.15) is 0 Å². The van der Waals surface area contributed by atoms with Crippen molar-refractivity contribution >= 4 is 29.1 Å². The van der Waals surface area contributed by atoms with E-state index in [1.807, 2.05) is 4.90 Å². The van der Waals surface area contributed by atoms with E-state index in [0.29, 0.717) is 19.1 Å². The van der Waals surface area contributed by atoms with Crippen LogP contribution in [0.2, 0.25) is 0 Å². The van der Waals surface area contributed by atoms with E-state index in [-0.39, 0.29) is 36.5 Å². The molecular formula is C20H25FN4O4. The maximum atomic E-state index is 14.6. The highest BCUT2D eigenvalue weighted by Crippen LogP contribution is 2.36. The van der Waals surface area contributed by atoms with Gasteiger partial charge in [0.25, 0.3) is 11.8 Å². The van der Waals surface area contributed by atoms with Crippen molar-refractivity contribution in [2.24, 2.45) is 11.7 Å². The van der Waals surface area contributed by atoms with E-state index in [0.717, 1.165) is 31.7 Å². The lowest BCUT2D eigenvalue weighted by atomic mass is 10.1. The number of carbonyl (C=O) groups excluding carboxylic acids is 3. The quantitative estimate of drug-likeness (QED) is 0.625. The molecule has 2 saturated carbocycles. The van der Waals surface area contributed by atoms with E-state index in [2.05, 4.69) is 5.32 Å². The summed E-state index contributed by atoms with van der Waals surface area (Å²) in [7, 11) is 0. The Labute approximate surface area is 168 Å². The predicted molar refractivity (Wildman–Crippen MR) is 104 cm³/mol. The van der Waals surface area contributed by atoms with Crippen LogP contribution in [0.25, 0.3) is 0 Å². The predicted octanol–water partition coefficient (Wildman–Crippen LogP) is 0.856. The fourth-order valence-corrected chi connectivity index (χ4v) is 3.70. The molecule has 2 aliphatic carbocycles. The van der Waals surface area contributed by atoms with Crippen molar-refractivity contribution < 1.29 is 23.5 Å². The molecule has 3 fully saturated rings. The zero-order valence-electron chi connectivity index (χ0n) is 16.1. The summed E-state index contributed by atoms with van der Waals surface area (Å²) >= 11 is 0. The second-order valence-corrected chi connectivity index (χ2v) is 7.93. The van der Waals surface area contributed by atoms with Crippen LogP contribution in [0.15, 0.2) is 18.2 Å². The zero-order valence-corrected chi connectivity index (χ0v) is 16.1. The Bertz CT molecular complexity index is 825. The number of nitrogens with zero attached hydrogens (tertiary/aromatic N) is 2. The molecule has 1 saturated heterocycles. The molecule has 0 aromatic heterocycles. The number of nitrogens with two attached hydrogens (primary N) is 1. The van der Waals surface area contributed by atoms with Gasteiger partial charge in [-0.15, -0.1) is 0 Å². The van der Waals surface area contributed by atoms with E-state index >= 15 is 0 Å². The highest BCUT2D eigenvalue weighted by molar-refractivity contribution is 6.09. The van der Waals surface area contributed by atoms with Gasteiger partial charge in [0.1, 0.15) is 12.4 Å². The smallest absolute Gasteiger partial charge is 0.253 e. The molecule has 0 bridgehead atoms. The van der Waals surface area contributed by atoms with Gasteiger partial charge in [-0.25, -0.2) is 4.39 Å². The first-order valence-electron chi connectivity index (χ1n) is 9.97. The molecule has 1 heterocycles. The monoisotopic (exact) mass is 404 g/mol. The maximum absolute atomic E-state index is 14.6. The van der Waals surface area contributed by atoms with Crippen LogP contribution in [0.1, 0.15) is 25.7 Å². The van der Waals surface area contributed by atoms with Crippen molar-refractivity contribution in [2.45, 2.75) is 37.8 Å². The topological polar surface area (TPSA) is 105 Å². The van der Waals surface area contributed by atoms with E-state index in [4.69, 9.17) is 10.5 Å². The summed E-state index contributed by atoms with van der Waals surface area (Å²) < 4.78 is 19.7. The summed E-state index contributed by atoms with van der Waals surface area (Å²) in [5.74, 6) is -1.70. The summed E-state index contributed by atoms with van der Waals surface area (Å²) in [6.07, 6.45) is 4.09. The summed E-state index contributed by atoms with van der Waals surface area (Å²) in [5.41, 5.74) is 5.90. The lowest BCUT2D eigenvalue weighted by molar-refractivity contribution is -0.133. The average molecular weight is 404 g/mol. The molecule has 3 aliphatic rings. The largest absolute Gasteiger partial charge is 0.370 e. The molecule has 3 amide bonds. The summed E-state index contributed by atoms with van der Waals surface area (Å²) in [4.78, 5) is 40.0. The highest BCUT2D eigenvalue weighted by atomic mass is 19.1. The van der Waals surface area contributed by atoms with Gasteiger partial charge < -0.3 is 20.7 Å². The number of primary amides is 1. The lowest BCUT2D eigenvalue weighted by Gasteiger charge is -2.29. The van der Waals surface area contributed by atoms with Crippen molar-refractivity contribution in [3.8, 4) is 0 Å². The number of morpholine rings is 1. The van der Waals surface area contributed by atoms with Gasteiger partial charge in [0.05, 0.1) is 12.3 Å². The minimum atomic E-state index is -1.08. The Hall–Kier alpha value is -2.52. The van der Waals surface area contributed by atoms with E-state index in [1.54, 1.807) is 0 Å². The van der Waals surface area contributed by atoms with Crippen LogP contribution in [-0.2, 0) is 19.1 Å². The fraction of sp³-hybridized carbons (Fsp3) is 0.550. The molecule has 8 nitrogen and oxygen atoms in total. The Balaban J connectivity index is 1.48. The van der Waals surface area contributed by atoms with Gasteiger partial charge >= 0.3 is 0 Å². The molecule has 1 atom stereocenters. The molecule has 0 unspecified atom stereocenters. The number of rotatable bonds is 8. The minimum absolute atomic E-state index is 0.0871. The van der Waals surface area contributed by atoms with Gasteiger partial charge in [-0.3, -0.25) is 19.3 Å². The van der Waals surface area contributed by atoms with Crippen LogP contribution in [-0.4, -0.2) is 61.0 Å². The molecule has 29 heavy (non-hydrogen) atoms. The molecule has 1 aliphatic heterocycles. The van der Waals surface area contributed by atoms with Crippen molar-refractivity contribution in [1.29, 1.82) is 0 Å². The number of ether oxygens (including phenoxy) is 1. The molecular weight excluding hydrogens is 379 g/mol. The molecule has 156 valence electrons. The number of nitrogens with one attached hydrogen (secondary N) is 1. The molecule has 0 radical (unpaired) electrons. The van der Waals surface area contributed by atoms with Crippen LogP contribution in [0.5, 0.6) is 0 Å². The first-order valence-corrected chi connectivity index (χ1v) is 9.97. The van der Waals surface area contributed by atoms with E-state index in [9.17, 15) is 18.8 Å². The van der Waals surface area contributed by atoms with Gasteiger partial charge in [0.15, 0.2) is 6.04 Å². The van der Waals surface area contributed by atoms with Crippen molar-refractivity contribution in [2.75, 3.05) is 36.5 Å². The third kappa shape index (κ3) is 4.56. The number of anilines is 2. The Kier molecular flexibility index (Phi) is 5.51. The van der Waals surface area contributed by atoms with Crippen LogP contribution in [0.4, 0.5) is 15.8 Å². The molecule has 1 aromatic carbocycles. The number of amides is 3. The van der Waals surface area contributed by atoms with Crippen LogP contribution in [0, 0.1) is 11.7 Å². The SMILES string of the molecule is NC(=O)[C@@H](C(=O)Nc1ccc(N2CCOCC2=O)c(F)c1)N(CC1CC1)C1CC1. The summed E-state index contributed by atoms with van der Waals surface area (Å²) in [6, 6.07) is 3.23. The molecule has 9 heteroatoms. The average Bonchev–Trinajstić information content (AvgIpc) is 3.56. The lowest BCUT2D eigenvalue weighted by Crippen LogP contribution is -2.53. The number of hydrogen-bond acceptors (Lipinski definition) is 5. The van der Waals surface area contributed by atoms with Gasteiger partial charge in [0, 0.05) is 24.8 Å². The normalized spacial score (nSPS) is 20.6. The first-order chi connectivity index (χ1) is 13.9. The number of hydrogen-bond donors (Lipinski definition) is 2. The molecule has 3 N–H and O–H groups in total. The second kappa shape index (κ2) is 8.08. The number of carbonyl (C=O) groups is 3. The molecule has 4 rings (SSSR count). The first kappa shape index (κ1) is 19.8. The van der Waals surface area contributed by atoms with Crippen LogP contribution < -0.4 is 16.0 Å². The molecule has 1 aromatic rings. The third-order valence-electron chi connectivity index (χ3n) is 5.52. The number of benzene rings is 1. The number of halogens is 1. The van der Waals surface area contributed by atoms with Gasteiger partial charge in [0.2, 0.25) is 5.91 Å². The Morgan fingerprint density at radius 1 is 1.31 bits per heavy atom. The molecule has 0 spiro atoms. The van der Waals surface area contributed by atoms with Gasteiger partial charge in [-0.05, 0) is 49.8 Å². The standard InChI is InChI=1S/C20H25FN4O4/c21-15-9-13(3-6-16(15)24-7-8-29-11-17(24)26)23-20(28)18(19(22)27)25(14-4-5-14)10-12-1-2-12/h3,6,9,12,14,18H,1-2,4-5,7-8,10-11H2,(H2,22,27)(H,23,28)/t18-/m0/s1. The summed E-state index contributed by atoms with van der Waals surface area (Å²) in [6.45, 7) is 1.19. The Morgan fingerprint density at radius 2 is 2.07 bits per heavy atom. The van der Waals surface area contributed by atoms with Crippen molar-refractivity contribution in [1.82, 2.24) is 4.90 Å². The van der Waals surface area contributed by atoms with Gasteiger partial charge in [-0.1, -0.05) is 0 Å². The Morgan fingerprint density at radius 3 is 2.66 bits per heavy atom. The fourth-order valence-electron chi connectivity index (χ4n) is 3.70. The third-order valence-corrected chi connectivity index (χ3v) is 5.52. The van der Waals surface area contributed by atoms with Crippen LogP contribution >= 0.6 is 0 Å². The zero-order chi connectivity index (χ0) is 20.5. The second-order valence-electron chi connectivity index (χ2n) is 7.93. The van der Waals surface area contributed by atoms with Crippen LogP contribution in [0.3, 0.4) is 0 Å². The van der Waals surface area contributed by atoms with Crippen molar-refractivity contribution in [3.05, 3.63) is 24.0 Å².